The summed E-state index contributed by atoms with van der Waals surface area (Å²) in [6, 6.07) is 0. The van der Waals surface area contributed by atoms with Crippen molar-refractivity contribution in [2.24, 2.45) is 0 Å². The number of hydrogen-bond acceptors (Lipinski definition) is 2. The molecular formula is C6ClF9O2. The Bertz CT molecular complexity index is 395. The lowest BCUT2D eigenvalue weighted by atomic mass is 10.0. The fourth-order valence-electron chi connectivity index (χ4n) is 1.08. The highest BCUT2D eigenvalue weighted by atomic mass is 35.5. The van der Waals surface area contributed by atoms with Crippen LogP contribution < -0.4 is 0 Å². The van der Waals surface area contributed by atoms with Gasteiger partial charge in [-0.05, 0) is 11.6 Å². The Morgan fingerprint density at radius 2 is 1.33 bits per heavy atom. The topological polar surface area (TPSA) is 26.3 Å². The second-order valence-corrected chi connectivity index (χ2v) is 3.55. The molecule has 0 aromatic heterocycles. The first-order valence-corrected chi connectivity index (χ1v) is 4.13. The van der Waals surface area contributed by atoms with Crippen LogP contribution in [0.3, 0.4) is 0 Å². The van der Waals surface area contributed by atoms with Crippen molar-refractivity contribution in [2.45, 2.75) is 29.7 Å². The van der Waals surface area contributed by atoms with Gasteiger partial charge in [0.2, 0.25) is 0 Å². The van der Waals surface area contributed by atoms with E-state index in [4.69, 9.17) is 0 Å². The van der Waals surface area contributed by atoms with Crippen molar-refractivity contribution in [1.82, 2.24) is 0 Å². The molecule has 1 aliphatic heterocycles. The second-order valence-electron chi connectivity index (χ2n) is 3.21. The minimum absolute atomic E-state index is 2.14. The Kier molecular flexibility index (Phi) is 2.93. The molecule has 12 heteroatoms. The molecule has 0 amide bonds. The maximum absolute atomic E-state index is 13.1. The lowest BCUT2D eigenvalue weighted by Crippen LogP contribution is -2.62. The van der Waals surface area contributed by atoms with Crippen molar-refractivity contribution in [2.75, 3.05) is 0 Å². The van der Waals surface area contributed by atoms with Crippen molar-refractivity contribution in [1.29, 1.82) is 0 Å². The standard InChI is InChI=1S/C6ClF9O2/c7-1(17)2(8,9)5(14)3(10,11)4(12,13)6(15,16)18-5. The van der Waals surface area contributed by atoms with Crippen LogP contribution in [-0.4, -0.2) is 35.0 Å². The van der Waals surface area contributed by atoms with Crippen molar-refractivity contribution < 1.29 is 49.0 Å². The monoisotopic (exact) mass is 310 g/mol. The summed E-state index contributed by atoms with van der Waals surface area (Å²) in [5.41, 5.74) is 0. The summed E-state index contributed by atoms with van der Waals surface area (Å²) in [4.78, 5) is 10.0. The molecule has 0 aromatic carbocycles. The average Bonchev–Trinajstić information content (AvgIpc) is 2.23. The summed E-state index contributed by atoms with van der Waals surface area (Å²) < 4.78 is 116. The van der Waals surface area contributed by atoms with Crippen LogP contribution in [0.25, 0.3) is 0 Å². The molecule has 106 valence electrons. The molecule has 0 aliphatic carbocycles. The molecule has 0 N–H and O–H groups in total. The number of rotatable bonds is 2. The summed E-state index contributed by atoms with van der Waals surface area (Å²) in [5, 5.41) is -3.20. The Morgan fingerprint density at radius 1 is 0.944 bits per heavy atom. The molecule has 0 spiro atoms. The molecule has 1 aliphatic rings. The first-order chi connectivity index (χ1) is 7.65. The van der Waals surface area contributed by atoms with Crippen LogP contribution in [0.5, 0.6) is 0 Å². The summed E-state index contributed by atoms with van der Waals surface area (Å²) in [6.07, 6.45) is -6.25. The zero-order chi connectivity index (χ0) is 14.8. The smallest absolute Gasteiger partial charge is 0.274 e. The predicted molar refractivity (Wildman–Crippen MR) is 35.6 cm³/mol. The van der Waals surface area contributed by atoms with Gasteiger partial charge in [0.05, 0.1) is 0 Å². The van der Waals surface area contributed by atoms with E-state index in [1.54, 1.807) is 0 Å². The number of halogens is 10. The van der Waals surface area contributed by atoms with E-state index in [1.165, 1.54) is 0 Å². The van der Waals surface area contributed by atoms with Gasteiger partial charge in [0, 0.05) is 0 Å². The number of carbonyl (C=O) groups excluding carboxylic acids is 1. The van der Waals surface area contributed by atoms with Crippen molar-refractivity contribution >= 4 is 16.8 Å². The summed E-state index contributed by atoms with van der Waals surface area (Å²) in [7, 11) is 0. The molecule has 18 heavy (non-hydrogen) atoms. The van der Waals surface area contributed by atoms with E-state index in [9.17, 15) is 44.3 Å². The lowest BCUT2D eigenvalue weighted by Gasteiger charge is -2.30. The van der Waals surface area contributed by atoms with Gasteiger partial charge < -0.3 is 0 Å². The van der Waals surface area contributed by atoms with Crippen molar-refractivity contribution in [3.8, 4) is 0 Å². The highest BCUT2D eigenvalue weighted by Gasteiger charge is 2.95. The fraction of sp³-hybridized carbons (Fsp3) is 0.833. The minimum Gasteiger partial charge on any atom is -0.274 e. The zero-order valence-electron chi connectivity index (χ0n) is 7.60. The Morgan fingerprint density at radius 3 is 1.56 bits per heavy atom. The maximum Gasteiger partial charge on any atom is 0.428 e. The normalized spacial score (nSPS) is 33.4. The van der Waals surface area contributed by atoms with E-state index < -0.39 is 35.0 Å². The van der Waals surface area contributed by atoms with E-state index in [0.717, 1.165) is 0 Å². The molecule has 1 fully saturated rings. The van der Waals surface area contributed by atoms with E-state index in [0.29, 0.717) is 0 Å². The van der Waals surface area contributed by atoms with Crippen LogP contribution in [0.2, 0.25) is 0 Å². The minimum atomic E-state index is -6.68. The number of hydrogen-bond donors (Lipinski definition) is 0. The van der Waals surface area contributed by atoms with E-state index in [2.05, 4.69) is 16.3 Å². The molecule has 1 rings (SSSR count). The highest BCUT2D eigenvalue weighted by Crippen LogP contribution is 2.64. The average molecular weight is 310 g/mol. The largest absolute Gasteiger partial charge is 0.428 e. The lowest BCUT2D eigenvalue weighted by molar-refractivity contribution is -0.365. The molecule has 1 saturated heterocycles. The fourth-order valence-corrected chi connectivity index (χ4v) is 1.20. The predicted octanol–water partition coefficient (Wildman–Crippen LogP) is 2.95. The van der Waals surface area contributed by atoms with Gasteiger partial charge >= 0.3 is 29.7 Å². The number of alkyl halides is 9. The molecule has 0 saturated carbocycles. The van der Waals surface area contributed by atoms with Crippen molar-refractivity contribution in [3.63, 3.8) is 0 Å². The number of ether oxygens (including phenoxy) is 1. The van der Waals surface area contributed by atoms with Gasteiger partial charge in [-0.3, -0.25) is 9.53 Å². The Hall–Kier alpha value is -0.710. The maximum atomic E-state index is 13.1. The third kappa shape index (κ3) is 1.40. The molecule has 1 atom stereocenters. The van der Waals surface area contributed by atoms with Crippen LogP contribution in [0.15, 0.2) is 0 Å². The van der Waals surface area contributed by atoms with Gasteiger partial charge in [-0.15, -0.1) is 0 Å². The summed E-state index contributed by atoms with van der Waals surface area (Å²) in [6.45, 7) is 0. The van der Waals surface area contributed by atoms with Gasteiger partial charge in [-0.25, -0.2) is 0 Å². The third-order valence-corrected chi connectivity index (χ3v) is 2.32. The van der Waals surface area contributed by atoms with Crippen LogP contribution in [0, 0.1) is 0 Å². The molecule has 0 aromatic rings. The molecular weight excluding hydrogens is 310 g/mol. The van der Waals surface area contributed by atoms with Crippen LogP contribution in [0.1, 0.15) is 0 Å². The first-order valence-electron chi connectivity index (χ1n) is 3.75. The van der Waals surface area contributed by atoms with Crippen molar-refractivity contribution in [3.05, 3.63) is 0 Å². The van der Waals surface area contributed by atoms with Gasteiger partial charge in [-0.1, -0.05) is 0 Å². The molecule has 0 radical (unpaired) electrons. The summed E-state index contributed by atoms with van der Waals surface area (Å²) in [5.74, 6) is -25.7. The Labute approximate surface area is 96.6 Å². The van der Waals surface area contributed by atoms with Gasteiger partial charge in [0.25, 0.3) is 5.24 Å². The van der Waals surface area contributed by atoms with Gasteiger partial charge in [-0.2, -0.15) is 39.5 Å². The number of carbonyl (C=O) groups is 1. The molecule has 1 unspecified atom stereocenters. The SMILES string of the molecule is O=C(Cl)C(F)(F)C1(F)OC(F)(F)C(F)(F)C1(F)F. The van der Waals surface area contributed by atoms with E-state index in [-0.39, 0.29) is 0 Å². The van der Waals surface area contributed by atoms with Crippen LogP contribution >= 0.6 is 11.6 Å². The van der Waals surface area contributed by atoms with E-state index >= 15 is 0 Å². The van der Waals surface area contributed by atoms with Crippen LogP contribution in [0.4, 0.5) is 39.5 Å². The third-order valence-electron chi connectivity index (χ3n) is 2.08. The second kappa shape index (κ2) is 3.44. The van der Waals surface area contributed by atoms with Gasteiger partial charge in [0.1, 0.15) is 0 Å². The van der Waals surface area contributed by atoms with Gasteiger partial charge in [0.15, 0.2) is 0 Å². The first kappa shape index (κ1) is 15.3. The van der Waals surface area contributed by atoms with Crippen LogP contribution in [-0.2, 0) is 9.53 Å². The summed E-state index contributed by atoms with van der Waals surface area (Å²) >= 11 is 4.02. The Balaban J connectivity index is 3.50. The quantitative estimate of drug-likeness (QED) is 0.579. The molecule has 2 nitrogen and oxygen atoms in total. The zero-order valence-corrected chi connectivity index (χ0v) is 8.35. The molecule has 0 bridgehead atoms. The van der Waals surface area contributed by atoms with E-state index in [1.807, 2.05) is 0 Å². The highest BCUT2D eigenvalue weighted by molar-refractivity contribution is 6.65. The molecule has 1 heterocycles.